The number of aliphatic imine (C=N–C) groups is 1. The van der Waals surface area contributed by atoms with Crippen molar-refractivity contribution in [3.05, 3.63) is 45.9 Å². The van der Waals surface area contributed by atoms with Crippen LogP contribution >= 0.6 is 11.3 Å². The second-order valence-corrected chi connectivity index (χ2v) is 6.20. The molecular weight excluding hydrogens is 296 g/mol. The summed E-state index contributed by atoms with van der Waals surface area (Å²) in [5.74, 6) is 1.64. The van der Waals surface area contributed by atoms with E-state index in [0.717, 1.165) is 16.7 Å². The van der Waals surface area contributed by atoms with E-state index in [9.17, 15) is 0 Å². The summed E-state index contributed by atoms with van der Waals surface area (Å²) >= 11 is 1.69. The second-order valence-electron chi connectivity index (χ2n) is 4.88. The maximum absolute atomic E-state index is 5.69. The van der Waals surface area contributed by atoms with Gasteiger partial charge in [0.2, 0.25) is 0 Å². The van der Waals surface area contributed by atoms with Gasteiger partial charge in [0, 0.05) is 18.1 Å². The van der Waals surface area contributed by atoms with Crippen LogP contribution in [0.25, 0.3) is 0 Å². The summed E-state index contributed by atoms with van der Waals surface area (Å²) in [6.45, 7) is 6.05. The summed E-state index contributed by atoms with van der Waals surface area (Å²) in [7, 11) is 1.75. The van der Waals surface area contributed by atoms with E-state index >= 15 is 0 Å². The van der Waals surface area contributed by atoms with Crippen LogP contribution in [0.2, 0.25) is 0 Å². The van der Waals surface area contributed by atoms with Gasteiger partial charge < -0.3 is 15.4 Å². The minimum atomic E-state index is 0.584. The molecule has 0 spiro atoms. The number of ether oxygens (including phenoxy) is 1. The van der Waals surface area contributed by atoms with E-state index in [2.05, 4.69) is 40.5 Å². The topological polar surface area (TPSA) is 58.5 Å². The van der Waals surface area contributed by atoms with Crippen LogP contribution in [-0.2, 0) is 6.54 Å². The SMILES string of the molecule is CN=C(NCCOc1cccc(C)c1)NCc1ncc(C)s1. The Balaban J connectivity index is 1.68. The maximum Gasteiger partial charge on any atom is 0.191 e. The highest BCUT2D eigenvalue weighted by molar-refractivity contribution is 7.11. The van der Waals surface area contributed by atoms with Crippen LogP contribution in [0.4, 0.5) is 0 Å². The van der Waals surface area contributed by atoms with Crippen LogP contribution in [0.1, 0.15) is 15.4 Å². The molecule has 1 aromatic heterocycles. The van der Waals surface area contributed by atoms with E-state index in [-0.39, 0.29) is 0 Å². The number of nitrogens with zero attached hydrogens (tertiary/aromatic N) is 2. The lowest BCUT2D eigenvalue weighted by molar-refractivity contribution is 0.321. The summed E-state index contributed by atoms with van der Waals surface area (Å²) in [6, 6.07) is 8.04. The molecule has 0 aliphatic heterocycles. The number of rotatable bonds is 6. The third-order valence-corrected chi connectivity index (χ3v) is 3.87. The van der Waals surface area contributed by atoms with Gasteiger partial charge in [-0.05, 0) is 31.5 Å². The van der Waals surface area contributed by atoms with E-state index in [1.165, 1.54) is 10.4 Å². The Hall–Kier alpha value is -2.08. The molecule has 2 aromatic rings. The van der Waals surface area contributed by atoms with Gasteiger partial charge in [0.15, 0.2) is 5.96 Å². The Bertz CT molecular complexity index is 624. The van der Waals surface area contributed by atoms with Crippen molar-refractivity contribution in [2.45, 2.75) is 20.4 Å². The van der Waals surface area contributed by atoms with Crippen molar-refractivity contribution < 1.29 is 4.74 Å². The van der Waals surface area contributed by atoms with E-state index in [0.29, 0.717) is 19.7 Å². The molecule has 118 valence electrons. The molecule has 5 nitrogen and oxygen atoms in total. The number of nitrogens with one attached hydrogen (secondary N) is 2. The molecule has 0 unspecified atom stereocenters. The van der Waals surface area contributed by atoms with Gasteiger partial charge in [0.1, 0.15) is 17.4 Å². The fourth-order valence-corrected chi connectivity index (χ4v) is 2.63. The van der Waals surface area contributed by atoms with Crippen LogP contribution in [0.5, 0.6) is 5.75 Å². The third-order valence-electron chi connectivity index (χ3n) is 2.95. The zero-order chi connectivity index (χ0) is 15.8. The molecular formula is C16H22N4OS. The minimum absolute atomic E-state index is 0.584. The smallest absolute Gasteiger partial charge is 0.191 e. The molecule has 0 amide bonds. The molecule has 0 aliphatic rings. The summed E-state index contributed by atoms with van der Waals surface area (Å²) in [5, 5.41) is 7.51. The summed E-state index contributed by atoms with van der Waals surface area (Å²) in [5.41, 5.74) is 1.20. The van der Waals surface area contributed by atoms with Crippen molar-refractivity contribution in [2.75, 3.05) is 20.2 Å². The minimum Gasteiger partial charge on any atom is -0.492 e. The zero-order valence-electron chi connectivity index (χ0n) is 13.2. The van der Waals surface area contributed by atoms with Gasteiger partial charge in [0.25, 0.3) is 0 Å². The number of guanidine groups is 1. The third kappa shape index (κ3) is 5.37. The summed E-state index contributed by atoms with van der Waals surface area (Å²) in [6.07, 6.45) is 1.88. The number of thiazole rings is 1. The van der Waals surface area contributed by atoms with Crippen molar-refractivity contribution in [1.29, 1.82) is 0 Å². The van der Waals surface area contributed by atoms with Crippen molar-refractivity contribution in [3.63, 3.8) is 0 Å². The molecule has 22 heavy (non-hydrogen) atoms. The number of hydrogen-bond acceptors (Lipinski definition) is 4. The van der Waals surface area contributed by atoms with Gasteiger partial charge in [-0.1, -0.05) is 12.1 Å². The molecule has 0 fully saturated rings. The van der Waals surface area contributed by atoms with Crippen LogP contribution in [0.3, 0.4) is 0 Å². The van der Waals surface area contributed by atoms with Gasteiger partial charge in [-0.2, -0.15) is 0 Å². The average molecular weight is 318 g/mol. The molecule has 0 bridgehead atoms. The molecule has 0 radical (unpaired) electrons. The number of aryl methyl sites for hydroxylation is 2. The average Bonchev–Trinajstić information content (AvgIpc) is 2.92. The first-order valence-corrected chi connectivity index (χ1v) is 8.04. The lowest BCUT2D eigenvalue weighted by Crippen LogP contribution is -2.38. The van der Waals surface area contributed by atoms with Crippen LogP contribution < -0.4 is 15.4 Å². The highest BCUT2D eigenvalue weighted by Crippen LogP contribution is 2.12. The molecule has 0 aliphatic carbocycles. The van der Waals surface area contributed by atoms with Crippen LogP contribution in [0, 0.1) is 13.8 Å². The quantitative estimate of drug-likeness (QED) is 0.488. The molecule has 2 N–H and O–H groups in total. The first kappa shape index (κ1) is 16.3. The Morgan fingerprint density at radius 3 is 2.86 bits per heavy atom. The normalized spacial score (nSPS) is 11.3. The fraction of sp³-hybridized carbons (Fsp3) is 0.375. The molecule has 0 saturated carbocycles. The van der Waals surface area contributed by atoms with E-state index in [1.54, 1.807) is 18.4 Å². The zero-order valence-corrected chi connectivity index (χ0v) is 14.0. The lowest BCUT2D eigenvalue weighted by Gasteiger charge is -2.12. The van der Waals surface area contributed by atoms with Gasteiger partial charge in [-0.3, -0.25) is 4.99 Å². The summed E-state index contributed by atoms with van der Waals surface area (Å²) < 4.78 is 5.69. The number of benzene rings is 1. The predicted octanol–water partition coefficient (Wildman–Crippen LogP) is 2.50. The van der Waals surface area contributed by atoms with Crippen molar-refractivity contribution in [1.82, 2.24) is 15.6 Å². The summed E-state index contributed by atoms with van der Waals surface area (Å²) in [4.78, 5) is 9.71. The Labute approximate surface area is 135 Å². The predicted molar refractivity (Wildman–Crippen MR) is 91.7 cm³/mol. The van der Waals surface area contributed by atoms with Gasteiger partial charge >= 0.3 is 0 Å². The molecule has 0 atom stereocenters. The van der Waals surface area contributed by atoms with Crippen LogP contribution in [0.15, 0.2) is 35.5 Å². The number of hydrogen-bond donors (Lipinski definition) is 2. The van der Waals surface area contributed by atoms with Crippen molar-refractivity contribution >= 4 is 17.3 Å². The van der Waals surface area contributed by atoms with Gasteiger partial charge in [-0.25, -0.2) is 4.98 Å². The van der Waals surface area contributed by atoms with E-state index in [4.69, 9.17) is 4.74 Å². The highest BCUT2D eigenvalue weighted by atomic mass is 32.1. The first-order valence-electron chi connectivity index (χ1n) is 7.22. The molecule has 2 rings (SSSR count). The van der Waals surface area contributed by atoms with Crippen molar-refractivity contribution in [3.8, 4) is 5.75 Å². The van der Waals surface area contributed by atoms with Crippen LogP contribution in [-0.4, -0.2) is 31.1 Å². The monoisotopic (exact) mass is 318 g/mol. The molecule has 6 heteroatoms. The first-order chi connectivity index (χ1) is 10.7. The van der Waals surface area contributed by atoms with E-state index in [1.807, 2.05) is 24.4 Å². The van der Waals surface area contributed by atoms with Crippen molar-refractivity contribution in [2.24, 2.45) is 4.99 Å². The van der Waals surface area contributed by atoms with Gasteiger partial charge in [0.05, 0.1) is 13.1 Å². The Morgan fingerprint density at radius 1 is 1.32 bits per heavy atom. The fourth-order valence-electron chi connectivity index (χ4n) is 1.91. The second kappa shape index (κ2) is 8.38. The molecule has 1 heterocycles. The standard InChI is InChI=1S/C16H22N4OS/c1-12-5-4-6-14(9-12)21-8-7-18-16(17-3)20-11-15-19-10-13(2)22-15/h4-6,9-10H,7-8,11H2,1-3H3,(H2,17,18,20). The maximum atomic E-state index is 5.69. The molecule has 0 saturated heterocycles. The largest absolute Gasteiger partial charge is 0.492 e. The highest BCUT2D eigenvalue weighted by Gasteiger charge is 2.01. The Morgan fingerprint density at radius 2 is 2.18 bits per heavy atom. The van der Waals surface area contributed by atoms with Gasteiger partial charge in [-0.15, -0.1) is 11.3 Å². The number of aromatic nitrogens is 1. The molecule has 1 aromatic carbocycles. The Kier molecular flexibility index (Phi) is 6.21. The van der Waals surface area contributed by atoms with E-state index < -0.39 is 0 Å². The lowest BCUT2D eigenvalue weighted by atomic mass is 10.2.